The molecule has 0 heterocycles. The quantitative estimate of drug-likeness (QED) is 0.0322. The van der Waals surface area contributed by atoms with Crippen molar-refractivity contribution in [1.82, 2.24) is 5.32 Å². The number of nitrogens with one attached hydrogen (secondary N) is 1. The van der Waals surface area contributed by atoms with Crippen LogP contribution in [0.25, 0.3) is 0 Å². The first kappa shape index (κ1) is 57.3. The average molecular weight is 832 g/mol. The maximum atomic E-state index is 13.2. The van der Waals surface area contributed by atoms with Gasteiger partial charge in [0.25, 0.3) is 0 Å². The van der Waals surface area contributed by atoms with Crippen LogP contribution in [0.4, 0.5) is 0 Å². The number of carbonyl (C=O) groups is 2. The highest BCUT2D eigenvalue weighted by Crippen LogP contribution is 2.18. The molecular formula is C53H101NO5. The van der Waals surface area contributed by atoms with Crippen molar-refractivity contribution in [2.75, 3.05) is 6.61 Å². The predicted octanol–water partition coefficient (Wildman–Crippen LogP) is 15.5. The first-order valence-electron chi connectivity index (χ1n) is 26.1. The fourth-order valence-corrected chi connectivity index (χ4v) is 8.07. The minimum Gasteiger partial charge on any atom is -0.462 e. The molecule has 0 fully saturated rings. The van der Waals surface area contributed by atoms with E-state index in [4.69, 9.17) is 4.74 Å². The molecule has 0 aliphatic carbocycles. The van der Waals surface area contributed by atoms with E-state index < -0.39 is 18.2 Å². The van der Waals surface area contributed by atoms with E-state index in [2.05, 4.69) is 50.4 Å². The smallest absolute Gasteiger partial charge is 0.306 e. The number of rotatable bonds is 47. The third kappa shape index (κ3) is 42.8. The zero-order valence-electron chi connectivity index (χ0n) is 39.7. The molecule has 6 heteroatoms. The van der Waals surface area contributed by atoms with Crippen LogP contribution in [0, 0.1) is 0 Å². The second kappa shape index (κ2) is 47.4. The van der Waals surface area contributed by atoms with E-state index in [0.717, 1.165) is 77.0 Å². The van der Waals surface area contributed by atoms with Crippen LogP contribution in [0.1, 0.15) is 278 Å². The van der Waals surface area contributed by atoms with Gasteiger partial charge in [-0.25, -0.2) is 0 Å². The lowest BCUT2D eigenvalue weighted by Crippen LogP contribution is -2.46. The van der Waals surface area contributed by atoms with Gasteiger partial charge in [-0.3, -0.25) is 9.59 Å². The summed E-state index contributed by atoms with van der Waals surface area (Å²) in [6.07, 6.45) is 53.9. The van der Waals surface area contributed by atoms with Gasteiger partial charge in [0.1, 0.15) is 6.10 Å². The highest BCUT2D eigenvalue weighted by molar-refractivity contribution is 5.77. The van der Waals surface area contributed by atoms with Crippen LogP contribution in [0.5, 0.6) is 0 Å². The zero-order chi connectivity index (χ0) is 43.1. The molecule has 0 aliphatic rings. The van der Waals surface area contributed by atoms with Crippen LogP contribution >= 0.6 is 0 Å². The van der Waals surface area contributed by atoms with Crippen molar-refractivity contribution in [3.63, 3.8) is 0 Å². The largest absolute Gasteiger partial charge is 0.462 e. The number of allylic oxidation sites excluding steroid dienone is 4. The molecule has 0 saturated heterocycles. The molecule has 0 saturated carbocycles. The van der Waals surface area contributed by atoms with Crippen LogP contribution in [0.15, 0.2) is 24.3 Å². The number of amides is 1. The average Bonchev–Trinajstić information content (AvgIpc) is 3.23. The lowest BCUT2D eigenvalue weighted by molar-refractivity contribution is -0.151. The summed E-state index contributed by atoms with van der Waals surface area (Å²) in [4.78, 5) is 26.1. The number of aliphatic hydroxyl groups excluding tert-OH is 2. The van der Waals surface area contributed by atoms with Gasteiger partial charge in [-0.2, -0.15) is 0 Å². The molecule has 0 aliphatic heterocycles. The molecule has 0 spiro atoms. The Kier molecular flexibility index (Phi) is 46.1. The highest BCUT2D eigenvalue weighted by Gasteiger charge is 2.24. The first-order chi connectivity index (χ1) is 29.0. The molecule has 1 amide bonds. The fourth-order valence-electron chi connectivity index (χ4n) is 8.07. The van der Waals surface area contributed by atoms with Gasteiger partial charge in [0.05, 0.1) is 25.2 Å². The summed E-state index contributed by atoms with van der Waals surface area (Å²) in [6, 6.07) is -0.702. The molecule has 0 radical (unpaired) electrons. The third-order valence-corrected chi connectivity index (χ3v) is 12.1. The maximum Gasteiger partial charge on any atom is 0.306 e. The second-order valence-corrected chi connectivity index (χ2v) is 18.0. The van der Waals surface area contributed by atoms with Crippen molar-refractivity contribution in [1.29, 1.82) is 0 Å². The Morgan fingerprint density at radius 3 is 1.29 bits per heavy atom. The number of hydrogen-bond acceptors (Lipinski definition) is 5. The highest BCUT2D eigenvalue weighted by atomic mass is 16.5. The lowest BCUT2D eigenvalue weighted by atomic mass is 10.0. The van der Waals surface area contributed by atoms with E-state index in [0.29, 0.717) is 19.3 Å². The molecule has 3 unspecified atom stereocenters. The molecule has 0 bridgehead atoms. The molecule has 348 valence electrons. The number of carbonyl (C=O) groups excluding carboxylic acids is 2. The van der Waals surface area contributed by atoms with Gasteiger partial charge >= 0.3 is 5.97 Å². The van der Waals surface area contributed by atoms with Crippen LogP contribution < -0.4 is 5.32 Å². The van der Waals surface area contributed by atoms with Gasteiger partial charge in [-0.15, -0.1) is 0 Å². The van der Waals surface area contributed by atoms with Crippen LogP contribution in [-0.4, -0.2) is 46.9 Å². The Morgan fingerprint density at radius 2 is 0.847 bits per heavy atom. The summed E-state index contributed by atoms with van der Waals surface area (Å²) < 4.78 is 5.93. The summed E-state index contributed by atoms with van der Waals surface area (Å²) >= 11 is 0. The van der Waals surface area contributed by atoms with E-state index in [-0.39, 0.29) is 24.9 Å². The van der Waals surface area contributed by atoms with Crippen molar-refractivity contribution in [3.05, 3.63) is 24.3 Å². The van der Waals surface area contributed by atoms with Crippen molar-refractivity contribution >= 4 is 11.9 Å². The number of esters is 1. The molecule has 0 aromatic heterocycles. The Morgan fingerprint density at radius 1 is 0.492 bits per heavy atom. The van der Waals surface area contributed by atoms with Crippen molar-refractivity contribution in [2.45, 2.75) is 296 Å². The Labute approximate surface area is 367 Å². The third-order valence-electron chi connectivity index (χ3n) is 12.1. The Hall–Kier alpha value is -1.66. The summed E-state index contributed by atoms with van der Waals surface area (Å²) in [7, 11) is 0. The summed E-state index contributed by atoms with van der Waals surface area (Å²) in [5, 5.41) is 23.7. The SMILES string of the molecule is CCCCC/C=C/C=C/CCCCCCC(CC(=O)NC(CO)C(O)CCCCCCCCCCC)OC(=O)CCCCCCCCCCCCCCCCCCCC. The molecule has 3 N–H and O–H groups in total. The maximum absolute atomic E-state index is 13.2. The van der Waals surface area contributed by atoms with Crippen LogP contribution in [-0.2, 0) is 14.3 Å². The van der Waals surface area contributed by atoms with Crippen molar-refractivity contribution in [2.24, 2.45) is 0 Å². The summed E-state index contributed by atoms with van der Waals surface area (Å²) in [5.74, 6) is -0.481. The fraction of sp³-hybridized carbons (Fsp3) is 0.887. The molecule has 3 atom stereocenters. The predicted molar refractivity (Wildman–Crippen MR) is 255 cm³/mol. The molecule has 6 nitrogen and oxygen atoms in total. The van der Waals surface area contributed by atoms with E-state index >= 15 is 0 Å². The monoisotopic (exact) mass is 832 g/mol. The van der Waals surface area contributed by atoms with E-state index in [1.807, 2.05) is 0 Å². The minimum atomic E-state index is -0.787. The Balaban J connectivity index is 4.50. The van der Waals surface area contributed by atoms with Gasteiger partial charge in [0, 0.05) is 6.42 Å². The number of unbranched alkanes of at least 4 members (excludes halogenated alkanes) is 32. The lowest BCUT2D eigenvalue weighted by Gasteiger charge is -2.24. The number of hydrogen-bond donors (Lipinski definition) is 3. The normalized spacial score (nSPS) is 13.4. The molecule has 0 aromatic carbocycles. The Bertz CT molecular complexity index is 935. The van der Waals surface area contributed by atoms with Crippen molar-refractivity contribution in [3.8, 4) is 0 Å². The number of ether oxygens (including phenoxy) is 1. The molecule has 0 aromatic rings. The van der Waals surface area contributed by atoms with E-state index in [1.54, 1.807) is 0 Å². The second-order valence-electron chi connectivity index (χ2n) is 18.0. The van der Waals surface area contributed by atoms with Crippen molar-refractivity contribution < 1.29 is 24.5 Å². The molecule has 0 rings (SSSR count). The van der Waals surface area contributed by atoms with Gasteiger partial charge in [-0.05, 0) is 51.4 Å². The van der Waals surface area contributed by atoms with Crippen LogP contribution in [0.2, 0.25) is 0 Å². The van der Waals surface area contributed by atoms with E-state index in [9.17, 15) is 19.8 Å². The van der Waals surface area contributed by atoms with Gasteiger partial charge in [-0.1, -0.05) is 238 Å². The van der Waals surface area contributed by atoms with Crippen LogP contribution in [0.3, 0.4) is 0 Å². The number of aliphatic hydroxyl groups is 2. The zero-order valence-corrected chi connectivity index (χ0v) is 39.7. The van der Waals surface area contributed by atoms with Gasteiger partial charge in [0.15, 0.2) is 0 Å². The molecular weight excluding hydrogens is 731 g/mol. The van der Waals surface area contributed by atoms with E-state index in [1.165, 1.54) is 154 Å². The summed E-state index contributed by atoms with van der Waals surface area (Å²) in [5.41, 5.74) is 0. The summed E-state index contributed by atoms with van der Waals surface area (Å²) in [6.45, 7) is 6.45. The topological polar surface area (TPSA) is 95.9 Å². The molecule has 59 heavy (non-hydrogen) atoms. The standard InChI is InChI=1S/C53H101NO5/c1-4-7-10-13-16-19-21-23-24-25-26-27-29-31-34-37-40-43-46-53(58)59-49(44-41-38-35-33-30-28-22-20-17-14-11-8-5-2)47-52(57)54-50(48-55)51(56)45-42-39-36-32-18-15-12-9-6-3/h17,20,22,28,49-51,55-56H,4-16,18-19,21,23-27,29-48H2,1-3H3,(H,54,57)/b20-17+,28-22+. The first-order valence-corrected chi connectivity index (χ1v) is 26.1. The minimum absolute atomic E-state index is 0.0689. The van der Waals surface area contributed by atoms with Gasteiger partial charge < -0.3 is 20.3 Å². The van der Waals surface area contributed by atoms with Gasteiger partial charge in [0.2, 0.25) is 5.91 Å².